The third-order valence-corrected chi connectivity index (χ3v) is 3.72. The predicted molar refractivity (Wildman–Crippen MR) is 89.0 cm³/mol. The normalized spacial score (nSPS) is 10.6. The van der Waals surface area contributed by atoms with Gasteiger partial charge in [-0.25, -0.2) is 0 Å². The lowest BCUT2D eigenvalue weighted by Gasteiger charge is -2.11. The van der Waals surface area contributed by atoms with Crippen LogP contribution >= 0.6 is 12.2 Å². The average molecular weight is 303 g/mol. The van der Waals surface area contributed by atoms with Crippen molar-refractivity contribution in [1.29, 1.82) is 0 Å². The van der Waals surface area contributed by atoms with E-state index in [2.05, 4.69) is 25.0 Å². The summed E-state index contributed by atoms with van der Waals surface area (Å²) in [4.78, 5) is 0.347. The van der Waals surface area contributed by atoms with Crippen LogP contribution in [0.25, 0.3) is 0 Å². The van der Waals surface area contributed by atoms with Gasteiger partial charge >= 0.3 is 0 Å². The topological polar surface area (TPSA) is 53.1 Å². The number of benzene rings is 1. The Morgan fingerprint density at radius 2 is 2.05 bits per heavy atom. The summed E-state index contributed by atoms with van der Waals surface area (Å²) < 4.78 is 7.42. The van der Waals surface area contributed by atoms with Gasteiger partial charge in [0.1, 0.15) is 10.7 Å². The van der Waals surface area contributed by atoms with Crippen LogP contribution in [0.4, 0.5) is 0 Å². The number of aryl methyl sites for hydroxylation is 2. The Labute approximate surface area is 130 Å². The Morgan fingerprint density at radius 1 is 1.29 bits per heavy atom. The van der Waals surface area contributed by atoms with Gasteiger partial charge in [0.25, 0.3) is 0 Å². The first-order chi connectivity index (χ1) is 10.1. The van der Waals surface area contributed by atoms with E-state index in [0.717, 1.165) is 36.2 Å². The van der Waals surface area contributed by atoms with Crippen molar-refractivity contribution in [2.75, 3.05) is 7.11 Å². The molecule has 21 heavy (non-hydrogen) atoms. The second-order valence-corrected chi connectivity index (χ2v) is 5.33. The Morgan fingerprint density at radius 3 is 2.62 bits per heavy atom. The molecule has 4 nitrogen and oxygen atoms in total. The number of methoxy groups -OCH3 is 1. The van der Waals surface area contributed by atoms with Gasteiger partial charge in [0.2, 0.25) is 0 Å². The van der Waals surface area contributed by atoms with Gasteiger partial charge in [0, 0.05) is 5.69 Å². The number of hydrogen-bond donors (Lipinski definition) is 1. The van der Waals surface area contributed by atoms with E-state index in [1.165, 1.54) is 5.69 Å². The van der Waals surface area contributed by atoms with E-state index in [1.807, 2.05) is 22.9 Å². The highest BCUT2D eigenvalue weighted by molar-refractivity contribution is 7.80. The third-order valence-electron chi connectivity index (χ3n) is 3.50. The summed E-state index contributed by atoms with van der Waals surface area (Å²) in [6, 6.07) is 8.07. The molecule has 0 bridgehead atoms. The third kappa shape index (κ3) is 3.42. The minimum Gasteiger partial charge on any atom is -0.496 e. The van der Waals surface area contributed by atoms with Crippen molar-refractivity contribution in [1.82, 2.24) is 9.78 Å². The van der Waals surface area contributed by atoms with Crippen LogP contribution in [0.15, 0.2) is 24.3 Å². The molecule has 0 aliphatic rings. The van der Waals surface area contributed by atoms with Crippen molar-refractivity contribution >= 4 is 17.2 Å². The molecule has 1 aromatic heterocycles. The van der Waals surface area contributed by atoms with Crippen LogP contribution in [0.3, 0.4) is 0 Å². The van der Waals surface area contributed by atoms with Crippen molar-refractivity contribution < 1.29 is 4.74 Å². The zero-order chi connectivity index (χ0) is 15.4. The van der Waals surface area contributed by atoms with E-state index in [1.54, 1.807) is 7.11 Å². The minimum absolute atomic E-state index is 0.347. The number of ether oxygens (including phenoxy) is 1. The quantitative estimate of drug-likeness (QED) is 0.834. The fourth-order valence-corrected chi connectivity index (χ4v) is 2.49. The van der Waals surface area contributed by atoms with Crippen LogP contribution < -0.4 is 10.5 Å². The first-order valence-corrected chi connectivity index (χ1v) is 7.52. The molecular weight excluding hydrogens is 282 g/mol. The molecule has 0 saturated carbocycles. The Kier molecular flexibility index (Phi) is 4.96. The van der Waals surface area contributed by atoms with Gasteiger partial charge in [-0.1, -0.05) is 32.1 Å². The molecule has 0 aliphatic carbocycles. The summed E-state index contributed by atoms with van der Waals surface area (Å²) in [5.41, 5.74) is 9.94. The predicted octanol–water partition coefficient (Wildman–Crippen LogP) is 2.70. The fourth-order valence-electron chi connectivity index (χ4n) is 2.32. The number of thiocarbonyl (C=S) groups is 1. The number of nitrogens with zero attached hydrogens (tertiary/aromatic N) is 2. The second-order valence-electron chi connectivity index (χ2n) is 4.89. The summed E-state index contributed by atoms with van der Waals surface area (Å²) in [6.07, 6.45) is 1.92. The first kappa shape index (κ1) is 15.5. The summed E-state index contributed by atoms with van der Waals surface area (Å²) in [6.45, 7) is 4.98. The van der Waals surface area contributed by atoms with Crippen molar-refractivity contribution in [2.45, 2.75) is 33.2 Å². The molecule has 0 unspecified atom stereocenters. The lowest BCUT2D eigenvalue weighted by Crippen LogP contribution is -2.12. The van der Waals surface area contributed by atoms with Gasteiger partial charge < -0.3 is 10.5 Å². The van der Waals surface area contributed by atoms with Crippen molar-refractivity contribution in [3.63, 3.8) is 0 Å². The molecule has 0 fully saturated rings. The van der Waals surface area contributed by atoms with Gasteiger partial charge in [-0.2, -0.15) is 5.10 Å². The van der Waals surface area contributed by atoms with E-state index in [0.29, 0.717) is 10.7 Å². The van der Waals surface area contributed by atoms with E-state index in [-0.39, 0.29) is 0 Å². The van der Waals surface area contributed by atoms with Gasteiger partial charge in [0.15, 0.2) is 0 Å². The SMILES string of the molecule is CCc1cc(CC)n(Cc2ccc(C(N)=S)c(OC)c2)n1. The summed E-state index contributed by atoms with van der Waals surface area (Å²) >= 11 is 5.03. The Hall–Kier alpha value is -1.88. The van der Waals surface area contributed by atoms with Crippen LogP contribution in [0.2, 0.25) is 0 Å². The lowest BCUT2D eigenvalue weighted by molar-refractivity contribution is 0.413. The van der Waals surface area contributed by atoms with Gasteiger partial charge in [-0.3, -0.25) is 4.68 Å². The van der Waals surface area contributed by atoms with Crippen molar-refractivity contribution in [3.05, 3.63) is 46.8 Å². The molecule has 2 N–H and O–H groups in total. The van der Waals surface area contributed by atoms with Crippen LogP contribution in [0, 0.1) is 0 Å². The molecule has 2 aromatic rings. The molecule has 0 amide bonds. The van der Waals surface area contributed by atoms with Gasteiger partial charge in [-0.15, -0.1) is 0 Å². The molecule has 0 radical (unpaired) electrons. The second kappa shape index (κ2) is 6.72. The molecule has 0 saturated heterocycles. The molecule has 0 atom stereocenters. The van der Waals surface area contributed by atoms with E-state index in [4.69, 9.17) is 22.7 Å². The van der Waals surface area contributed by atoms with E-state index in [9.17, 15) is 0 Å². The van der Waals surface area contributed by atoms with Crippen LogP contribution in [-0.2, 0) is 19.4 Å². The van der Waals surface area contributed by atoms with Crippen LogP contribution in [0.1, 0.15) is 36.4 Å². The van der Waals surface area contributed by atoms with Gasteiger partial charge in [-0.05, 0) is 36.6 Å². The maximum absolute atomic E-state index is 5.69. The van der Waals surface area contributed by atoms with Crippen LogP contribution in [-0.4, -0.2) is 21.9 Å². The summed E-state index contributed by atoms with van der Waals surface area (Å²) in [7, 11) is 1.63. The summed E-state index contributed by atoms with van der Waals surface area (Å²) in [5, 5.41) is 4.63. The lowest BCUT2D eigenvalue weighted by atomic mass is 10.1. The van der Waals surface area contributed by atoms with Crippen molar-refractivity contribution in [3.8, 4) is 5.75 Å². The maximum atomic E-state index is 5.69. The standard InChI is InChI=1S/C16H21N3OS/c1-4-12-9-13(5-2)19(18-12)10-11-6-7-14(16(17)21)15(8-11)20-3/h6-9H,4-5,10H2,1-3H3,(H2,17,21). The van der Waals surface area contributed by atoms with Gasteiger partial charge in [0.05, 0.1) is 24.9 Å². The minimum atomic E-state index is 0.347. The molecule has 2 rings (SSSR count). The highest BCUT2D eigenvalue weighted by Crippen LogP contribution is 2.21. The Balaban J connectivity index is 2.31. The number of hydrogen-bond acceptors (Lipinski definition) is 3. The summed E-state index contributed by atoms with van der Waals surface area (Å²) in [5.74, 6) is 0.709. The number of nitrogens with two attached hydrogens (primary N) is 1. The number of rotatable bonds is 6. The molecule has 1 aromatic carbocycles. The zero-order valence-corrected chi connectivity index (χ0v) is 13.5. The molecule has 1 heterocycles. The highest BCUT2D eigenvalue weighted by atomic mass is 32.1. The van der Waals surface area contributed by atoms with E-state index < -0.39 is 0 Å². The highest BCUT2D eigenvalue weighted by Gasteiger charge is 2.10. The van der Waals surface area contributed by atoms with Crippen molar-refractivity contribution in [2.24, 2.45) is 5.73 Å². The molecule has 5 heteroatoms. The zero-order valence-electron chi connectivity index (χ0n) is 12.7. The smallest absolute Gasteiger partial charge is 0.129 e. The number of aromatic nitrogens is 2. The largest absolute Gasteiger partial charge is 0.496 e. The van der Waals surface area contributed by atoms with E-state index >= 15 is 0 Å². The molecule has 0 spiro atoms. The monoisotopic (exact) mass is 303 g/mol. The van der Waals surface area contributed by atoms with Crippen LogP contribution in [0.5, 0.6) is 5.75 Å². The molecule has 112 valence electrons. The average Bonchev–Trinajstić information content (AvgIpc) is 2.89. The Bertz CT molecular complexity index is 649. The maximum Gasteiger partial charge on any atom is 0.129 e. The first-order valence-electron chi connectivity index (χ1n) is 7.11. The molecule has 0 aliphatic heterocycles. The molecular formula is C16H21N3OS. The fraction of sp³-hybridized carbons (Fsp3) is 0.375.